The van der Waals surface area contributed by atoms with E-state index in [-0.39, 0.29) is 17.7 Å². The number of fused-ring (bicyclic) bond motifs is 1. The van der Waals surface area contributed by atoms with Crippen molar-refractivity contribution >= 4 is 56.9 Å². The zero-order valence-corrected chi connectivity index (χ0v) is 23.8. The summed E-state index contributed by atoms with van der Waals surface area (Å²) < 4.78 is 19.3. The molecular weight excluding hydrogens is 536 g/mol. The number of benzene rings is 1. The van der Waals surface area contributed by atoms with Gasteiger partial charge in [-0.1, -0.05) is 35.5 Å². The van der Waals surface area contributed by atoms with Gasteiger partial charge in [0.25, 0.3) is 0 Å². The number of thiazole rings is 1. The van der Waals surface area contributed by atoms with Crippen LogP contribution in [0.4, 0.5) is 4.79 Å². The fourth-order valence-electron chi connectivity index (χ4n) is 5.18. The van der Waals surface area contributed by atoms with E-state index < -0.39 is 41.3 Å². The Morgan fingerprint density at radius 3 is 2.81 bits per heavy atom. The number of epoxide rings is 1. The van der Waals surface area contributed by atoms with Crippen molar-refractivity contribution in [2.75, 3.05) is 18.7 Å². The van der Waals surface area contributed by atoms with E-state index in [1.807, 2.05) is 45.0 Å². The second-order valence-corrected chi connectivity index (χ2v) is 12.5. The lowest BCUT2D eigenvalue weighted by Crippen LogP contribution is -2.61. The van der Waals surface area contributed by atoms with Gasteiger partial charge >= 0.3 is 6.09 Å². The van der Waals surface area contributed by atoms with Gasteiger partial charge in [0, 0.05) is 7.11 Å². The molecule has 2 aliphatic rings. The molecular formula is C26H33ClN2O6S2. The molecule has 0 radical (unpaired) electrons. The van der Waals surface area contributed by atoms with Crippen molar-refractivity contribution in [3.8, 4) is 0 Å². The van der Waals surface area contributed by atoms with Gasteiger partial charge in [0.15, 0.2) is 4.34 Å². The number of amides is 2. The van der Waals surface area contributed by atoms with E-state index in [0.717, 1.165) is 14.6 Å². The summed E-state index contributed by atoms with van der Waals surface area (Å²) in [6, 6.07) is 7.74. The second-order valence-electron chi connectivity index (χ2n) is 9.99. The molecule has 0 bridgehead atoms. The number of aromatic nitrogens is 1. The average Bonchev–Trinajstić information content (AvgIpc) is 3.33. The van der Waals surface area contributed by atoms with Gasteiger partial charge in [0.2, 0.25) is 5.91 Å². The van der Waals surface area contributed by atoms with Gasteiger partial charge in [-0.05, 0) is 52.2 Å². The van der Waals surface area contributed by atoms with Crippen LogP contribution in [0.5, 0.6) is 0 Å². The SMILES string of the molecule is CO[C@@H]1[C@@H](OC(=O)NC(=O)CSc2nc3ccccc3s2)CC[C@](O)(CCl)[C@H]1C1(C)OC1CC=C(C)C. The molecule has 202 valence electrons. The number of alkyl carbamates (subject to hydrolysis) is 1. The van der Waals surface area contributed by atoms with Crippen LogP contribution >= 0.6 is 34.7 Å². The molecule has 1 aliphatic heterocycles. The number of carbonyl (C=O) groups excluding carboxylic acids is 2. The highest BCUT2D eigenvalue weighted by Gasteiger charge is 2.67. The number of ether oxygens (including phenoxy) is 3. The maximum atomic E-state index is 12.6. The van der Waals surface area contributed by atoms with E-state index in [2.05, 4.69) is 16.4 Å². The molecule has 2 heterocycles. The minimum absolute atomic E-state index is 0.00618. The predicted molar refractivity (Wildman–Crippen MR) is 145 cm³/mol. The summed E-state index contributed by atoms with van der Waals surface area (Å²) in [5.74, 6) is -0.964. The quantitative estimate of drug-likeness (QED) is 0.190. The summed E-state index contributed by atoms with van der Waals surface area (Å²) in [7, 11) is 1.52. The molecule has 2 aromatic rings. The number of para-hydroxylation sites is 1. The van der Waals surface area contributed by atoms with E-state index in [4.69, 9.17) is 25.8 Å². The minimum Gasteiger partial charge on any atom is -0.443 e. The van der Waals surface area contributed by atoms with Crippen molar-refractivity contribution in [1.29, 1.82) is 0 Å². The first-order valence-corrected chi connectivity index (χ1v) is 14.5. The lowest BCUT2D eigenvalue weighted by atomic mass is 9.66. The van der Waals surface area contributed by atoms with Crippen LogP contribution < -0.4 is 5.32 Å². The number of nitrogens with one attached hydrogen (secondary N) is 1. The molecule has 11 heteroatoms. The molecule has 2 unspecified atom stereocenters. The lowest BCUT2D eigenvalue weighted by molar-refractivity contribution is -0.170. The number of alkyl halides is 1. The molecule has 6 atom stereocenters. The fourth-order valence-corrected chi connectivity index (χ4v) is 7.35. The standard InChI is InChI=1S/C26H33ClN2O6S2/c1-15(2)9-10-19-25(3,35-19)22-21(33-4)17(11-12-26(22,32)14-27)34-23(31)29-20(30)13-36-24-28-16-7-5-6-8-18(16)37-24/h5-9,17,19,21-22,32H,10-14H2,1-4H3,(H,29,30,31)/t17-,19?,21+,22+,25?,26-/m0/s1. The fraction of sp³-hybridized carbons (Fsp3) is 0.577. The first kappa shape index (κ1) is 28.3. The van der Waals surface area contributed by atoms with Crippen LogP contribution in [0.25, 0.3) is 10.2 Å². The molecule has 1 aliphatic carbocycles. The number of thioether (sulfide) groups is 1. The van der Waals surface area contributed by atoms with Gasteiger partial charge in [-0.3, -0.25) is 10.1 Å². The third kappa shape index (κ3) is 6.32. The summed E-state index contributed by atoms with van der Waals surface area (Å²) in [6.45, 7) is 5.99. The summed E-state index contributed by atoms with van der Waals surface area (Å²) in [5, 5.41) is 13.7. The molecule has 1 saturated carbocycles. The number of methoxy groups -OCH3 is 1. The van der Waals surface area contributed by atoms with Crippen LogP contribution in [0.2, 0.25) is 0 Å². The van der Waals surface area contributed by atoms with E-state index >= 15 is 0 Å². The van der Waals surface area contributed by atoms with Crippen LogP contribution in [-0.2, 0) is 19.0 Å². The van der Waals surface area contributed by atoms with Crippen molar-refractivity contribution < 1.29 is 28.9 Å². The van der Waals surface area contributed by atoms with Crippen molar-refractivity contribution in [2.45, 2.75) is 73.9 Å². The monoisotopic (exact) mass is 568 g/mol. The normalized spacial score (nSPS) is 31.1. The highest BCUT2D eigenvalue weighted by atomic mass is 35.5. The predicted octanol–water partition coefficient (Wildman–Crippen LogP) is 4.92. The molecule has 2 amide bonds. The maximum absolute atomic E-state index is 12.6. The molecule has 1 aromatic carbocycles. The average molecular weight is 569 g/mol. The van der Waals surface area contributed by atoms with Gasteiger partial charge in [0.05, 0.1) is 39.5 Å². The molecule has 0 spiro atoms. The Morgan fingerprint density at radius 1 is 1.38 bits per heavy atom. The van der Waals surface area contributed by atoms with Crippen LogP contribution in [0.3, 0.4) is 0 Å². The van der Waals surface area contributed by atoms with Crippen LogP contribution in [0.15, 0.2) is 40.3 Å². The molecule has 1 aromatic heterocycles. The molecule has 8 nitrogen and oxygen atoms in total. The van der Waals surface area contributed by atoms with Crippen molar-refractivity contribution in [2.24, 2.45) is 5.92 Å². The Kier molecular flexibility index (Phi) is 8.87. The molecule has 1 saturated heterocycles. The highest BCUT2D eigenvalue weighted by Crippen LogP contribution is 2.54. The van der Waals surface area contributed by atoms with Gasteiger partial charge in [-0.25, -0.2) is 9.78 Å². The number of halogens is 1. The van der Waals surface area contributed by atoms with Gasteiger partial charge < -0.3 is 19.3 Å². The Labute approximate surface area is 230 Å². The molecule has 4 rings (SSSR count). The molecule has 2 fully saturated rings. The summed E-state index contributed by atoms with van der Waals surface area (Å²) in [5.41, 5.74) is 0.136. The van der Waals surface area contributed by atoms with Gasteiger partial charge in [-0.15, -0.1) is 22.9 Å². The van der Waals surface area contributed by atoms with Crippen molar-refractivity contribution in [3.05, 3.63) is 35.9 Å². The number of allylic oxidation sites excluding steroid dienone is 1. The van der Waals surface area contributed by atoms with E-state index in [1.54, 1.807) is 0 Å². The third-order valence-electron chi connectivity index (χ3n) is 7.08. The Morgan fingerprint density at radius 2 is 2.14 bits per heavy atom. The first-order valence-electron chi connectivity index (χ1n) is 12.2. The Bertz CT molecular complexity index is 1140. The maximum Gasteiger partial charge on any atom is 0.414 e. The smallest absolute Gasteiger partial charge is 0.414 e. The number of hydrogen-bond donors (Lipinski definition) is 2. The van der Waals surface area contributed by atoms with Crippen LogP contribution in [0, 0.1) is 5.92 Å². The second kappa shape index (κ2) is 11.6. The van der Waals surface area contributed by atoms with Crippen LogP contribution in [0.1, 0.15) is 40.0 Å². The molecule has 37 heavy (non-hydrogen) atoms. The number of hydrogen-bond acceptors (Lipinski definition) is 9. The Hall–Kier alpha value is -1.69. The zero-order valence-electron chi connectivity index (χ0n) is 21.4. The van der Waals surface area contributed by atoms with E-state index in [1.165, 1.54) is 35.8 Å². The number of aliphatic hydroxyl groups is 1. The minimum atomic E-state index is -1.24. The van der Waals surface area contributed by atoms with Crippen molar-refractivity contribution in [1.82, 2.24) is 10.3 Å². The number of imide groups is 1. The number of carbonyl (C=O) groups is 2. The van der Waals surface area contributed by atoms with Crippen LogP contribution in [-0.4, -0.2) is 70.3 Å². The molecule has 2 N–H and O–H groups in total. The van der Waals surface area contributed by atoms with Gasteiger partial charge in [-0.2, -0.15) is 0 Å². The van der Waals surface area contributed by atoms with Gasteiger partial charge in [0.1, 0.15) is 17.8 Å². The third-order valence-corrected chi connectivity index (χ3v) is 9.72. The Balaban J connectivity index is 1.36. The first-order chi connectivity index (χ1) is 17.6. The highest BCUT2D eigenvalue weighted by molar-refractivity contribution is 8.01. The van der Waals surface area contributed by atoms with E-state index in [0.29, 0.717) is 19.3 Å². The zero-order chi connectivity index (χ0) is 26.8. The summed E-state index contributed by atoms with van der Waals surface area (Å²) >= 11 is 8.99. The lowest BCUT2D eigenvalue weighted by Gasteiger charge is -2.48. The topological polar surface area (TPSA) is 110 Å². The summed E-state index contributed by atoms with van der Waals surface area (Å²) in [4.78, 5) is 29.5. The number of nitrogens with zero attached hydrogens (tertiary/aromatic N) is 1. The van der Waals surface area contributed by atoms with E-state index in [9.17, 15) is 14.7 Å². The summed E-state index contributed by atoms with van der Waals surface area (Å²) in [6.07, 6.45) is 1.18. The number of rotatable bonds is 9. The largest absolute Gasteiger partial charge is 0.443 e. The van der Waals surface area contributed by atoms with Crippen molar-refractivity contribution in [3.63, 3.8) is 0 Å².